The summed E-state index contributed by atoms with van der Waals surface area (Å²) in [4.78, 5) is 36.2. The highest BCUT2D eigenvalue weighted by Gasteiger charge is 2.25. The van der Waals surface area contributed by atoms with E-state index in [1.165, 1.54) is 0 Å². The first-order valence-corrected chi connectivity index (χ1v) is 9.03. The zero-order valence-electron chi connectivity index (χ0n) is 14.6. The highest BCUT2D eigenvalue weighted by atomic mass is 35.5. The molecule has 0 atom stereocenters. The van der Waals surface area contributed by atoms with Crippen LogP contribution < -0.4 is 11.1 Å². The number of carbonyl (C=O) groups excluding carboxylic acids is 3. The fraction of sp³-hybridized carbons (Fsp3) is 0.375. The van der Waals surface area contributed by atoms with E-state index in [9.17, 15) is 14.4 Å². The second kappa shape index (κ2) is 8.33. The molecular formula is C16H19ClN4O4S. The molecule has 26 heavy (non-hydrogen) atoms. The van der Waals surface area contributed by atoms with Gasteiger partial charge in [0.2, 0.25) is 5.91 Å². The van der Waals surface area contributed by atoms with Crippen LogP contribution in [0.1, 0.15) is 44.6 Å². The van der Waals surface area contributed by atoms with Gasteiger partial charge < -0.3 is 15.8 Å². The summed E-state index contributed by atoms with van der Waals surface area (Å²) in [5.41, 5.74) is 6.56. The van der Waals surface area contributed by atoms with Gasteiger partial charge in [-0.1, -0.05) is 11.6 Å². The Hall–Kier alpha value is -2.39. The van der Waals surface area contributed by atoms with Crippen LogP contribution in [-0.4, -0.2) is 34.2 Å². The summed E-state index contributed by atoms with van der Waals surface area (Å²) >= 11 is 6.89. The van der Waals surface area contributed by atoms with Crippen molar-refractivity contribution < 1.29 is 19.1 Å². The summed E-state index contributed by atoms with van der Waals surface area (Å²) in [6, 6.07) is 0. The Morgan fingerprint density at radius 3 is 2.62 bits per heavy atom. The van der Waals surface area contributed by atoms with Gasteiger partial charge in [0.15, 0.2) is 0 Å². The zero-order valence-corrected chi connectivity index (χ0v) is 16.2. The van der Waals surface area contributed by atoms with Crippen LogP contribution in [0.15, 0.2) is 6.20 Å². The number of nitrogens with two attached hydrogens (primary N) is 1. The van der Waals surface area contributed by atoms with Crippen molar-refractivity contribution >= 4 is 45.7 Å². The number of nitrogens with one attached hydrogen (secondary N) is 1. The minimum absolute atomic E-state index is 0.114. The SMILES string of the molecule is CCOC(=O)c1c(NC(=O)CCn2cc(Cl)c(C)n2)sc(C(N)=O)c1C. The summed E-state index contributed by atoms with van der Waals surface area (Å²) in [6.45, 7) is 5.52. The molecular weight excluding hydrogens is 380 g/mol. The molecule has 0 bridgehead atoms. The highest BCUT2D eigenvalue weighted by molar-refractivity contribution is 7.18. The number of ether oxygens (including phenoxy) is 1. The van der Waals surface area contributed by atoms with Crippen LogP contribution in [0.2, 0.25) is 5.02 Å². The molecule has 0 spiro atoms. The Labute approximate surface area is 159 Å². The standard InChI is InChI=1S/C16H19ClN4O4S/c1-4-25-16(24)12-8(2)13(14(18)23)26-15(12)19-11(22)5-6-21-7-10(17)9(3)20-21/h7H,4-6H2,1-3H3,(H2,18,23)(H,19,22). The minimum Gasteiger partial charge on any atom is -0.462 e. The number of carbonyl (C=O) groups is 3. The molecule has 8 nitrogen and oxygen atoms in total. The summed E-state index contributed by atoms with van der Waals surface area (Å²) in [5.74, 6) is -1.61. The van der Waals surface area contributed by atoms with Gasteiger partial charge in [0.25, 0.3) is 5.91 Å². The van der Waals surface area contributed by atoms with Gasteiger partial charge in [-0.25, -0.2) is 4.79 Å². The molecule has 0 aromatic carbocycles. The third-order valence-electron chi connectivity index (χ3n) is 3.56. The van der Waals surface area contributed by atoms with Crippen molar-refractivity contribution in [3.05, 3.63) is 32.9 Å². The van der Waals surface area contributed by atoms with Gasteiger partial charge in [0, 0.05) is 19.2 Å². The third-order valence-corrected chi connectivity index (χ3v) is 5.15. The topological polar surface area (TPSA) is 116 Å². The van der Waals surface area contributed by atoms with Crippen molar-refractivity contribution in [1.82, 2.24) is 9.78 Å². The first kappa shape index (κ1) is 19.9. The van der Waals surface area contributed by atoms with Crippen molar-refractivity contribution in [3.63, 3.8) is 0 Å². The van der Waals surface area contributed by atoms with Crippen molar-refractivity contribution in [2.75, 3.05) is 11.9 Å². The number of aryl methyl sites for hydroxylation is 2. The molecule has 0 fully saturated rings. The van der Waals surface area contributed by atoms with Crippen LogP contribution in [0.25, 0.3) is 0 Å². The maximum absolute atomic E-state index is 12.3. The Bertz CT molecular complexity index is 839. The minimum atomic E-state index is -0.666. The average Bonchev–Trinajstić information content (AvgIpc) is 3.05. The summed E-state index contributed by atoms with van der Waals surface area (Å²) < 4.78 is 6.57. The molecule has 2 amide bonds. The quantitative estimate of drug-likeness (QED) is 0.695. The first-order chi connectivity index (χ1) is 12.2. The second-order valence-corrected chi connectivity index (χ2v) is 6.90. The van der Waals surface area contributed by atoms with Crippen LogP contribution in [0, 0.1) is 13.8 Å². The van der Waals surface area contributed by atoms with Gasteiger partial charge in [0.1, 0.15) is 5.00 Å². The highest BCUT2D eigenvalue weighted by Crippen LogP contribution is 2.33. The maximum atomic E-state index is 12.3. The number of esters is 1. The number of amides is 2. The van der Waals surface area contributed by atoms with Crippen molar-refractivity contribution in [1.29, 1.82) is 0 Å². The number of halogens is 1. The molecule has 0 saturated heterocycles. The van der Waals surface area contributed by atoms with E-state index in [1.807, 2.05) is 0 Å². The second-order valence-electron chi connectivity index (χ2n) is 5.47. The van der Waals surface area contributed by atoms with E-state index in [1.54, 1.807) is 31.6 Å². The maximum Gasteiger partial charge on any atom is 0.341 e. The third kappa shape index (κ3) is 4.41. The predicted molar refractivity (Wildman–Crippen MR) is 98.8 cm³/mol. The Morgan fingerprint density at radius 2 is 2.08 bits per heavy atom. The number of aromatic nitrogens is 2. The lowest BCUT2D eigenvalue weighted by molar-refractivity contribution is -0.116. The van der Waals surface area contributed by atoms with Gasteiger partial charge in [-0.2, -0.15) is 5.10 Å². The van der Waals surface area contributed by atoms with Gasteiger partial charge in [-0.15, -0.1) is 11.3 Å². The van der Waals surface area contributed by atoms with Gasteiger partial charge in [-0.3, -0.25) is 14.3 Å². The van der Waals surface area contributed by atoms with Crippen molar-refractivity contribution in [2.45, 2.75) is 33.7 Å². The smallest absolute Gasteiger partial charge is 0.341 e. The summed E-state index contributed by atoms with van der Waals surface area (Å²) in [6.07, 6.45) is 1.75. The molecule has 0 aliphatic rings. The van der Waals surface area contributed by atoms with E-state index in [-0.39, 0.29) is 34.4 Å². The van der Waals surface area contributed by atoms with E-state index in [0.717, 1.165) is 11.3 Å². The zero-order chi connectivity index (χ0) is 19.4. The number of hydrogen-bond acceptors (Lipinski definition) is 6. The lowest BCUT2D eigenvalue weighted by Crippen LogP contribution is -2.16. The first-order valence-electron chi connectivity index (χ1n) is 7.84. The normalized spacial score (nSPS) is 10.6. The fourth-order valence-corrected chi connectivity index (χ4v) is 3.51. The molecule has 10 heteroatoms. The predicted octanol–water partition coefficient (Wildman–Crippen LogP) is 2.52. The van der Waals surface area contributed by atoms with E-state index < -0.39 is 11.9 Å². The molecule has 3 N–H and O–H groups in total. The molecule has 0 unspecified atom stereocenters. The number of anilines is 1. The molecule has 0 radical (unpaired) electrons. The number of hydrogen-bond donors (Lipinski definition) is 2. The number of rotatable bonds is 7. The van der Waals surface area contributed by atoms with Crippen LogP contribution in [-0.2, 0) is 16.1 Å². The molecule has 0 aliphatic heterocycles. The van der Waals surface area contributed by atoms with E-state index in [2.05, 4.69) is 10.4 Å². The lowest BCUT2D eigenvalue weighted by Gasteiger charge is -2.07. The van der Waals surface area contributed by atoms with Crippen LogP contribution in [0.3, 0.4) is 0 Å². The van der Waals surface area contributed by atoms with Crippen molar-refractivity contribution in [3.8, 4) is 0 Å². The molecule has 2 rings (SSSR count). The van der Waals surface area contributed by atoms with Crippen LogP contribution in [0.4, 0.5) is 5.00 Å². The average molecular weight is 399 g/mol. The molecule has 0 aliphatic carbocycles. The summed E-state index contributed by atoms with van der Waals surface area (Å²) in [5, 5.41) is 7.60. The number of thiophene rings is 1. The fourth-order valence-electron chi connectivity index (χ4n) is 2.30. The van der Waals surface area contributed by atoms with Crippen LogP contribution in [0.5, 0.6) is 0 Å². The van der Waals surface area contributed by atoms with Crippen LogP contribution >= 0.6 is 22.9 Å². The van der Waals surface area contributed by atoms with E-state index in [4.69, 9.17) is 22.1 Å². The monoisotopic (exact) mass is 398 g/mol. The van der Waals surface area contributed by atoms with E-state index >= 15 is 0 Å². The molecule has 0 saturated carbocycles. The van der Waals surface area contributed by atoms with Gasteiger partial charge >= 0.3 is 5.97 Å². The van der Waals surface area contributed by atoms with E-state index in [0.29, 0.717) is 22.8 Å². The lowest BCUT2D eigenvalue weighted by atomic mass is 10.1. The largest absolute Gasteiger partial charge is 0.462 e. The molecule has 2 aromatic rings. The van der Waals surface area contributed by atoms with Gasteiger partial charge in [0.05, 0.1) is 27.8 Å². The Morgan fingerprint density at radius 1 is 1.38 bits per heavy atom. The number of nitrogens with zero attached hydrogens (tertiary/aromatic N) is 2. The summed E-state index contributed by atoms with van der Waals surface area (Å²) in [7, 11) is 0. The number of primary amides is 1. The molecule has 140 valence electrons. The Balaban J connectivity index is 2.16. The Kier molecular flexibility index (Phi) is 6.38. The molecule has 2 heterocycles. The van der Waals surface area contributed by atoms with Gasteiger partial charge in [-0.05, 0) is 26.3 Å². The molecule has 2 aromatic heterocycles. The van der Waals surface area contributed by atoms with Crippen molar-refractivity contribution in [2.24, 2.45) is 5.73 Å².